The molecule has 0 radical (unpaired) electrons. The van der Waals surface area contributed by atoms with Crippen LogP contribution in [0.5, 0.6) is 5.75 Å². The van der Waals surface area contributed by atoms with Crippen LogP contribution < -0.4 is 9.64 Å². The average molecular weight is 307 g/mol. The van der Waals surface area contributed by atoms with Crippen LogP contribution in [0.25, 0.3) is 0 Å². The molecule has 4 rings (SSSR count). The van der Waals surface area contributed by atoms with Gasteiger partial charge in [0, 0.05) is 11.0 Å². The number of carbonyl (C=O) groups is 2. The van der Waals surface area contributed by atoms with Gasteiger partial charge in [-0.15, -0.1) is 0 Å². The molecule has 0 atom stereocenters. The number of hydrogen-bond donors (Lipinski definition) is 0. The summed E-state index contributed by atoms with van der Waals surface area (Å²) in [4.78, 5) is 27.0. The van der Waals surface area contributed by atoms with Crippen LogP contribution in [0.2, 0.25) is 0 Å². The zero-order chi connectivity index (χ0) is 16.4. The second-order valence-electron chi connectivity index (χ2n) is 6.82. The van der Waals surface area contributed by atoms with Crippen LogP contribution in [0.4, 0.5) is 5.69 Å². The van der Waals surface area contributed by atoms with Crippen LogP contribution in [-0.4, -0.2) is 18.4 Å². The molecule has 2 aromatic rings. The maximum absolute atomic E-state index is 13.0. The van der Waals surface area contributed by atoms with Gasteiger partial charge in [0.05, 0.1) is 23.4 Å². The van der Waals surface area contributed by atoms with Gasteiger partial charge in [0.25, 0.3) is 11.8 Å². The molecule has 4 nitrogen and oxygen atoms in total. The van der Waals surface area contributed by atoms with Crippen molar-refractivity contribution in [2.24, 2.45) is 0 Å². The van der Waals surface area contributed by atoms with Crippen LogP contribution in [-0.2, 0) is 5.41 Å². The Balaban J connectivity index is 1.89. The van der Waals surface area contributed by atoms with Gasteiger partial charge < -0.3 is 4.74 Å². The first-order chi connectivity index (χ1) is 10.9. The molecule has 0 spiro atoms. The van der Waals surface area contributed by atoms with E-state index < -0.39 is 0 Å². The minimum atomic E-state index is -0.278. The minimum absolute atomic E-state index is 0.260. The van der Waals surface area contributed by atoms with E-state index in [1.807, 2.05) is 32.9 Å². The molecule has 2 aliphatic rings. The second-order valence-corrected chi connectivity index (χ2v) is 6.82. The highest BCUT2D eigenvalue weighted by Gasteiger charge is 2.45. The molecule has 0 fully saturated rings. The third-order valence-electron chi connectivity index (χ3n) is 4.58. The smallest absolute Gasteiger partial charge is 0.266 e. The Kier molecular flexibility index (Phi) is 2.71. The molecule has 0 unspecified atom stereocenters. The van der Waals surface area contributed by atoms with Gasteiger partial charge in [0.15, 0.2) is 0 Å². The lowest BCUT2D eigenvalue weighted by Crippen LogP contribution is -2.30. The van der Waals surface area contributed by atoms with E-state index in [9.17, 15) is 9.59 Å². The maximum atomic E-state index is 13.0. The minimum Gasteiger partial charge on any atom is -0.492 e. The highest BCUT2D eigenvalue weighted by molar-refractivity contribution is 6.35. The van der Waals surface area contributed by atoms with Crippen LogP contribution in [0, 0.1) is 6.92 Å². The lowest BCUT2D eigenvalue weighted by molar-refractivity contribution is 0.0925. The molecule has 2 aliphatic heterocycles. The summed E-state index contributed by atoms with van der Waals surface area (Å²) >= 11 is 0. The van der Waals surface area contributed by atoms with Gasteiger partial charge in [0.2, 0.25) is 0 Å². The Labute approximate surface area is 134 Å². The number of ether oxygens (including phenoxy) is 1. The van der Waals surface area contributed by atoms with Crippen molar-refractivity contribution < 1.29 is 14.3 Å². The van der Waals surface area contributed by atoms with E-state index in [2.05, 4.69) is 0 Å². The monoisotopic (exact) mass is 307 g/mol. The zero-order valence-corrected chi connectivity index (χ0v) is 13.3. The summed E-state index contributed by atoms with van der Waals surface area (Å²) in [5, 5.41) is 0. The third kappa shape index (κ3) is 1.84. The second kappa shape index (κ2) is 4.44. The summed E-state index contributed by atoms with van der Waals surface area (Å²) in [6.07, 6.45) is 0. The third-order valence-corrected chi connectivity index (χ3v) is 4.58. The van der Waals surface area contributed by atoms with E-state index in [0.29, 0.717) is 29.2 Å². The van der Waals surface area contributed by atoms with Gasteiger partial charge in [0.1, 0.15) is 5.75 Å². The maximum Gasteiger partial charge on any atom is 0.266 e. The fourth-order valence-corrected chi connectivity index (χ4v) is 3.36. The summed E-state index contributed by atoms with van der Waals surface area (Å²) in [6, 6.07) is 10.9. The van der Waals surface area contributed by atoms with E-state index in [4.69, 9.17) is 4.74 Å². The molecule has 0 bridgehead atoms. The molecular weight excluding hydrogens is 290 g/mol. The molecule has 116 valence electrons. The topological polar surface area (TPSA) is 46.6 Å². The summed E-state index contributed by atoms with van der Waals surface area (Å²) in [5.41, 5.74) is 3.22. The molecule has 0 N–H and O–H groups in total. The first-order valence-corrected chi connectivity index (χ1v) is 7.66. The number of carbonyl (C=O) groups excluding carboxylic acids is 2. The van der Waals surface area contributed by atoms with Crippen LogP contribution >= 0.6 is 0 Å². The molecule has 2 amide bonds. The van der Waals surface area contributed by atoms with Crippen molar-refractivity contribution in [1.29, 1.82) is 0 Å². The molecule has 2 heterocycles. The van der Waals surface area contributed by atoms with Crippen molar-refractivity contribution in [1.82, 2.24) is 0 Å². The van der Waals surface area contributed by atoms with Gasteiger partial charge in [-0.2, -0.15) is 0 Å². The normalized spacial score (nSPS) is 18.0. The lowest BCUT2D eigenvalue weighted by Gasteiger charge is -2.18. The molecule has 0 saturated carbocycles. The summed E-state index contributed by atoms with van der Waals surface area (Å²) in [6.45, 7) is 6.56. The van der Waals surface area contributed by atoms with Gasteiger partial charge in [-0.1, -0.05) is 31.5 Å². The van der Waals surface area contributed by atoms with Crippen LogP contribution in [0.1, 0.15) is 45.7 Å². The first kappa shape index (κ1) is 14.0. The fraction of sp³-hybridized carbons (Fsp3) is 0.263. The molecule has 0 aromatic heterocycles. The van der Waals surface area contributed by atoms with Crippen molar-refractivity contribution in [3.63, 3.8) is 0 Å². The summed E-state index contributed by atoms with van der Waals surface area (Å²) in [7, 11) is 0. The van der Waals surface area contributed by atoms with E-state index in [0.717, 1.165) is 11.1 Å². The Bertz CT molecular complexity index is 850. The zero-order valence-electron chi connectivity index (χ0n) is 13.3. The van der Waals surface area contributed by atoms with Gasteiger partial charge in [-0.3, -0.25) is 9.59 Å². The van der Waals surface area contributed by atoms with E-state index in [1.54, 1.807) is 24.3 Å². The van der Waals surface area contributed by atoms with Crippen molar-refractivity contribution in [3.8, 4) is 5.75 Å². The number of benzene rings is 2. The van der Waals surface area contributed by atoms with Crippen molar-refractivity contribution >= 4 is 17.5 Å². The first-order valence-electron chi connectivity index (χ1n) is 7.66. The number of aryl methyl sites for hydroxylation is 1. The molecule has 0 aliphatic carbocycles. The quantitative estimate of drug-likeness (QED) is 0.758. The van der Waals surface area contributed by atoms with Crippen LogP contribution in [0.15, 0.2) is 36.4 Å². The lowest BCUT2D eigenvalue weighted by atomic mass is 9.82. The number of anilines is 1. The molecule has 0 saturated heterocycles. The molecule has 2 aromatic carbocycles. The van der Waals surface area contributed by atoms with Gasteiger partial charge in [-0.25, -0.2) is 4.90 Å². The van der Waals surface area contributed by atoms with Gasteiger partial charge in [-0.05, 0) is 31.2 Å². The SMILES string of the molecule is Cc1ccc(N2C(=O)c3ccc4c(c3C2=O)C(C)(C)CO4)cc1. The van der Waals surface area contributed by atoms with Gasteiger partial charge >= 0.3 is 0 Å². The Hall–Kier alpha value is -2.62. The predicted octanol–water partition coefficient (Wildman–Crippen LogP) is 3.47. The van der Waals surface area contributed by atoms with Crippen LogP contribution in [0.3, 0.4) is 0 Å². The number of rotatable bonds is 1. The Morgan fingerprint density at radius 1 is 1.00 bits per heavy atom. The largest absolute Gasteiger partial charge is 0.492 e. The number of hydrogen-bond acceptors (Lipinski definition) is 3. The van der Waals surface area contributed by atoms with Crippen molar-refractivity contribution in [2.75, 3.05) is 11.5 Å². The van der Waals surface area contributed by atoms with E-state index >= 15 is 0 Å². The predicted molar refractivity (Wildman–Crippen MR) is 87.3 cm³/mol. The number of amides is 2. The summed E-state index contributed by atoms with van der Waals surface area (Å²) in [5.74, 6) is 0.185. The average Bonchev–Trinajstić information content (AvgIpc) is 2.96. The number of nitrogens with zero attached hydrogens (tertiary/aromatic N) is 1. The van der Waals surface area contributed by atoms with E-state index in [1.165, 1.54) is 4.90 Å². The molecule has 23 heavy (non-hydrogen) atoms. The standard InChI is InChI=1S/C19H17NO3/c1-11-4-6-12(7-5-11)20-17(21)13-8-9-14-16(15(13)18(20)22)19(2,3)10-23-14/h4-9H,10H2,1-3H3. The highest BCUT2D eigenvalue weighted by atomic mass is 16.5. The number of fused-ring (bicyclic) bond motifs is 3. The Morgan fingerprint density at radius 2 is 1.70 bits per heavy atom. The van der Waals surface area contributed by atoms with Crippen molar-refractivity contribution in [3.05, 3.63) is 58.7 Å². The van der Waals surface area contributed by atoms with Crippen molar-refractivity contribution in [2.45, 2.75) is 26.2 Å². The van der Waals surface area contributed by atoms with E-state index in [-0.39, 0.29) is 17.2 Å². The number of imide groups is 1. The Morgan fingerprint density at radius 3 is 2.39 bits per heavy atom. The molecular formula is C19H17NO3. The summed E-state index contributed by atoms with van der Waals surface area (Å²) < 4.78 is 5.70. The molecule has 4 heteroatoms. The highest BCUT2D eigenvalue weighted by Crippen LogP contribution is 2.44. The fourth-order valence-electron chi connectivity index (χ4n) is 3.36.